The molecule has 6 nitrogen and oxygen atoms in total. The van der Waals surface area contributed by atoms with E-state index in [0.29, 0.717) is 17.7 Å². The normalized spacial score (nSPS) is 12.9. The molecular weight excluding hydrogens is 425 g/mol. The molecule has 1 amide bonds. The number of nitrogens with one attached hydrogen (secondary N) is 2. The second kappa shape index (κ2) is 10.4. The van der Waals surface area contributed by atoms with Crippen molar-refractivity contribution in [2.45, 2.75) is 32.2 Å². The maximum Gasteiger partial charge on any atom is 0.259 e. The molecular formula is C21H22FN3O3S2. The molecule has 2 atom stereocenters. The molecule has 0 aliphatic rings. The molecule has 1 unspecified atom stereocenters. The Labute approximate surface area is 181 Å². The molecule has 1 heterocycles. The van der Waals surface area contributed by atoms with E-state index in [0.717, 1.165) is 22.7 Å². The van der Waals surface area contributed by atoms with Gasteiger partial charge in [0.1, 0.15) is 10.8 Å². The average molecular weight is 448 g/mol. The van der Waals surface area contributed by atoms with Crippen LogP contribution in [0.1, 0.15) is 34.8 Å². The smallest absolute Gasteiger partial charge is 0.259 e. The van der Waals surface area contributed by atoms with Gasteiger partial charge in [-0.15, -0.1) is 11.3 Å². The lowest BCUT2D eigenvalue weighted by Gasteiger charge is -2.17. The Bertz CT molecular complexity index is 1020. The zero-order chi connectivity index (χ0) is 21.5. The van der Waals surface area contributed by atoms with Gasteiger partial charge in [0.25, 0.3) is 11.3 Å². The molecule has 0 fully saturated rings. The molecule has 0 aliphatic carbocycles. The second-order valence-electron chi connectivity index (χ2n) is 6.67. The number of anilines is 1. The lowest BCUT2D eigenvalue weighted by atomic mass is 10.0. The summed E-state index contributed by atoms with van der Waals surface area (Å²) in [7, 11) is 0. The van der Waals surface area contributed by atoms with Crippen LogP contribution in [0.5, 0.6) is 0 Å². The van der Waals surface area contributed by atoms with Gasteiger partial charge in [-0.05, 0) is 42.2 Å². The van der Waals surface area contributed by atoms with E-state index in [-0.39, 0.29) is 18.4 Å². The van der Waals surface area contributed by atoms with Crippen LogP contribution in [0.4, 0.5) is 10.1 Å². The Morgan fingerprint density at radius 2 is 1.97 bits per heavy atom. The summed E-state index contributed by atoms with van der Waals surface area (Å²) in [6, 6.07) is 12.9. The van der Waals surface area contributed by atoms with Crippen LogP contribution in [0.2, 0.25) is 0 Å². The van der Waals surface area contributed by atoms with Crippen molar-refractivity contribution in [3.63, 3.8) is 0 Å². The van der Waals surface area contributed by atoms with Crippen LogP contribution in [0, 0.1) is 5.82 Å². The molecule has 0 radical (unpaired) electrons. The van der Waals surface area contributed by atoms with Crippen molar-refractivity contribution in [3.8, 4) is 0 Å². The van der Waals surface area contributed by atoms with Crippen molar-refractivity contribution in [2.24, 2.45) is 0 Å². The van der Waals surface area contributed by atoms with Gasteiger partial charge in [-0.25, -0.2) is 13.6 Å². The number of carbonyl (C=O) groups excluding carboxylic acids is 1. The number of carbonyl (C=O) groups is 1. The maximum atomic E-state index is 13.9. The first-order valence-corrected chi connectivity index (χ1v) is 11.4. The van der Waals surface area contributed by atoms with Crippen LogP contribution in [0.25, 0.3) is 0 Å². The zero-order valence-corrected chi connectivity index (χ0v) is 17.9. The van der Waals surface area contributed by atoms with Crippen molar-refractivity contribution < 1.29 is 17.9 Å². The summed E-state index contributed by atoms with van der Waals surface area (Å²) in [6.45, 7) is 2.02. The molecule has 2 aromatic carbocycles. The van der Waals surface area contributed by atoms with Crippen LogP contribution in [-0.2, 0) is 35.3 Å². The van der Waals surface area contributed by atoms with E-state index >= 15 is 0 Å². The summed E-state index contributed by atoms with van der Waals surface area (Å²) in [5.41, 5.74) is 2.74. The lowest BCUT2D eigenvalue weighted by Crippen LogP contribution is -2.31. The maximum absolute atomic E-state index is 13.9. The number of rotatable bonds is 9. The van der Waals surface area contributed by atoms with Crippen LogP contribution in [-0.4, -0.2) is 19.7 Å². The van der Waals surface area contributed by atoms with Gasteiger partial charge >= 0.3 is 0 Å². The monoisotopic (exact) mass is 447 g/mol. The molecule has 3 rings (SSSR count). The van der Waals surface area contributed by atoms with Gasteiger partial charge in [0.15, 0.2) is 0 Å². The van der Waals surface area contributed by atoms with E-state index in [2.05, 4.69) is 15.0 Å². The number of hydrogen-bond donors (Lipinski definition) is 3. The Balaban J connectivity index is 1.75. The average Bonchev–Trinajstić information content (AvgIpc) is 3.19. The Hall–Kier alpha value is -2.62. The summed E-state index contributed by atoms with van der Waals surface area (Å²) < 4.78 is 36.1. The highest BCUT2D eigenvalue weighted by Crippen LogP contribution is 2.24. The number of hydrogen-bond acceptors (Lipinski definition) is 4. The number of amides is 1. The predicted molar refractivity (Wildman–Crippen MR) is 117 cm³/mol. The zero-order valence-electron chi connectivity index (χ0n) is 16.3. The van der Waals surface area contributed by atoms with E-state index in [1.54, 1.807) is 30.3 Å². The van der Waals surface area contributed by atoms with Crippen molar-refractivity contribution in [1.82, 2.24) is 10.3 Å². The van der Waals surface area contributed by atoms with E-state index in [1.807, 2.05) is 24.4 Å². The topological polar surface area (TPSA) is 91.3 Å². The number of aromatic nitrogens is 1. The third-order valence-electron chi connectivity index (χ3n) is 4.47. The first-order valence-electron chi connectivity index (χ1n) is 9.38. The minimum atomic E-state index is -2.14. The van der Waals surface area contributed by atoms with Crippen molar-refractivity contribution >= 4 is 34.2 Å². The van der Waals surface area contributed by atoms with Crippen molar-refractivity contribution in [3.05, 3.63) is 81.6 Å². The van der Waals surface area contributed by atoms with Gasteiger partial charge in [-0.2, -0.15) is 0 Å². The molecule has 3 N–H and O–H groups in total. The van der Waals surface area contributed by atoms with Crippen LogP contribution in [0.3, 0.4) is 0 Å². The minimum absolute atomic E-state index is 0.0552. The largest absolute Gasteiger partial charge is 0.346 e. The molecule has 30 heavy (non-hydrogen) atoms. The molecule has 0 saturated heterocycles. The molecule has 0 aliphatic heterocycles. The Morgan fingerprint density at radius 3 is 2.60 bits per heavy atom. The lowest BCUT2D eigenvalue weighted by molar-refractivity contribution is -0.121. The van der Waals surface area contributed by atoms with E-state index < -0.39 is 17.1 Å². The van der Waals surface area contributed by atoms with E-state index in [4.69, 9.17) is 4.55 Å². The molecule has 0 spiro atoms. The van der Waals surface area contributed by atoms with Crippen molar-refractivity contribution in [2.75, 3.05) is 4.72 Å². The van der Waals surface area contributed by atoms with Crippen LogP contribution < -0.4 is 10.0 Å². The van der Waals surface area contributed by atoms with Crippen molar-refractivity contribution in [1.29, 1.82) is 0 Å². The first-order chi connectivity index (χ1) is 14.4. The fourth-order valence-corrected chi connectivity index (χ4v) is 4.24. The highest BCUT2D eigenvalue weighted by molar-refractivity contribution is 7.80. The number of halogens is 1. The fraction of sp³-hybridized carbons (Fsp3) is 0.238. The quantitative estimate of drug-likeness (QED) is 0.432. The molecule has 0 bridgehead atoms. The number of thiazole rings is 1. The molecule has 9 heteroatoms. The van der Waals surface area contributed by atoms with Crippen LogP contribution in [0.15, 0.2) is 53.9 Å². The molecule has 158 valence electrons. The molecule has 1 aromatic heterocycles. The third-order valence-corrected chi connectivity index (χ3v) is 5.89. The fourth-order valence-electron chi connectivity index (χ4n) is 2.95. The van der Waals surface area contributed by atoms with Gasteiger partial charge in [-0.3, -0.25) is 14.1 Å². The van der Waals surface area contributed by atoms with E-state index in [9.17, 15) is 13.4 Å². The number of benzene rings is 2. The number of nitrogens with zero attached hydrogens (tertiary/aromatic N) is 1. The highest BCUT2D eigenvalue weighted by atomic mass is 32.2. The van der Waals surface area contributed by atoms with Gasteiger partial charge in [-0.1, -0.05) is 37.3 Å². The van der Waals surface area contributed by atoms with E-state index in [1.165, 1.54) is 17.4 Å². The summed E-state index contributed by atoms with van der Waals surface area (Å²) >= 11 is -0.658. The summed E-state index contributed by atoms with van der Waals surface area (Å²) in [5, 5.41) is 5.73. The predicted octanol–water partition coefficient (Wildman–Crippen LogP) is 4.04. The van der Waals surface area contributed by atoms with Gasteiger partial charge in [0.05, 0.1) is 18.2 Å². The Morgan fingerprint density at radius 1 is 1.23 bits per heavy atom. The number of aryl methyl sites for hydroxylation is 1. The summed E-state index contributed by atoms with van der Waals surface area (Å²) in [5.74, 6) is -0.691. The molecule has 3 aromatic rings. The summed E-state index contributed by atoms with van der Waals surface area (Å²) in [6.07, 6.45) is 1.23. The van der Waals surface area contributed by atoms with Gasteiger partial charge in [0, 0.05) is 11.1 Å². The van der Waals surface area contributed by atoms with Crippen LogP contribution >= 0.6 is 11.3 Å². The van der Waals surface area contributed by atoms with Gasteiger partial charge < -0.3 is 5.32 Å². The highest BCUT2D eigenvalue weighted by Gasteiger charge is 2.20. The third kappa shape index (κ3) is 6.19. The summed E-state index contributed by atoms with van der Waals surface area (Å²) in [4.78, 5) is 17.2. The standard InChI is InChI=1S/C21H22FN3O3S2/c1-2-16-13-29-21(23-16)19(11-14-7-9-17(10-8-14)25-30(27)28)24-20(26)12-15-5-3-4-6-18(15)22/h3-10,13,19,25H,2,11-12H2,1H3,(H,24,26)(H,27,28)/t19-/m0/s1. The SMILES string of the molecule is CCc1csc([C@H](Cc2ccc(NS(=O)O)cc2)NC(=O)Cc2ccccc2F)n1. The first kappa shape index (κ1) is 22.1. The Kier molecular flexibility index (Phi) is 7.67. The van der Waals surface area contributed by atoms with Gasteiger partial charge in [0.2, 0.25) is 5.91 Å². The molecule has 0 saturated carbocycles. The second-order valence-corrected chi connectivity index (χ2v) is 8.26. The minimum Gasteiger partial charge on any atom is -0.346 e.